The van der Waals surface area contributed by atoms with Crippen LogP contribution in [0.1, 0.15) is 28.9 Å². The lowest BCUT2D eigenvalue weighted by Gasteiger charge is -2.31. The van der Waals surface area contributed by atoms with Crippen LogP contribution in [-0.2, 0) is 18.4 Å². The molecule has 1 fully saturated rings. The van der Waals surface area contributed by atoms with Gasteiger partial charge in [0.15, 0.2) is 0 Å². The van der Waals surface area contributed by atoms with Crippen LogP contribution in [0.4, 0.5) is 0 Å². The van der Waals surface area contributed by atoms with E-state index in [2.05, 4.69) is 15.3 Å². The zero-order valence-electron chi connectivity index (χ0n) is 15.8. The van der Waals surface area contributed by atoms with Gasteiger partial charge in [0.2, 0.25) is 5.91 Å². The zero-order valence-corrected chi connectivity index (χ0v) is 15.8. The Morgan fingerprint density at radius 3 is 2.71 bits per heavy atom. The Kier molecular flexibility index (Phi) is 5.06. The normalized spacial score (nSPS) is 15.0. The van der Waals surface area contributed by atoms with E-state index in [4.69, 9.17) is 0 Å². The summed E-state index contributed by atoms with van der Waals surface area (Å²) in [6.07, 6.45) is 4.80. The van der Waals surface area contributed by atoms with Gasteiger partial charge in [0, 0.05) is 37.8 Å². The molecule has 0 radical (unpaired) electrons. The third-order valence-electron chi connectivity index (χ3n) is 5.30. The first-order chi connectivity index (χ1) is 13.6. The van der Waals surface area contributed by atoms with Crippen molar-refractivity contribution in [3.05, 3.63) is 60.2 Å². The van der Waals surface area contributed by atoms with Crippen LogP contribution in [-0.4, -0.2) is 44.3 Å². The minimum Gasteiger partial charge on any atom is -0.350 e. The molecule has 0 aliphatic carbocycles. The Labute approximate surface area is 163 Å². The summed E-state index contributed by atoms with van der Waals surface area (Å²) >= 11 is 0. The third kappa shape index (κ3) is 3.74. The van der Waals surface area contributed by atoms with E-state index in [1.54, 1.807) is 12.5 Å². The van der Waals surface area contributed by atoms with Crippen LogP contribution in [0.25, 0.3) is 11.0 Å². The number of rotatable bonds is 4. The van der Waals surface area contributed by atoms with Crippen molar-refractivity contribution < 1.29 is 9.59 Å². The van der Waals surface area contributed by atoms with E-state index in [1.807, 2.05) is 52.9 Å². The molecule has 0 spiro atoms. The van der Waals surface area contributed by atoms with Gasteiger partial charge in [-0.15, -0.1) is 0 Å². The quantitative estimate of drug-likeness (QED) is 0.755. The number of hydrogen-bond donors (Lipinski definition) is 1. The molecule has 1 N–H and O–H groups in total. The smallest absolute Gasteiger partial charge is 0.253 e. The molecule has 3 aromatic rings. The number of imidazole rings is 1. The molecule has 1 aliphatic heterocycles. The maximum absolute atomic E-state index is 12.8. The van der Waals surface area contributed by atoms with Crippen LogP contribution in [0, 0.1) is 5.92 Å². The van der Waals surface area contributed by atoms with Crippen LogP contribution in [0.3, 0.4) is 0 Å². The second-order valence-electron chi connectivity index (χ2n) is 7.16. The molecule has 7 heteroatoms. The highest BCUT2D eigenvalue weighted by atomic mass is 16.2. The topological polar surface area (TPSA) is 80.1 Å². The predicted molar refractivity (Wildman–Crippen MR) is 105 cm³/mol. The van der Waals surface area contributed by atoms with Gasteiger partial charge in [-0.1, -0.05) is 6.07 Å². The average Bonchev–Trinajstić information content (AvgIpc) is 3.12. The van der Waals surface area contributed by atoms with E-state index in [9.17, 15) is 9.59 Å². The van der Waals surface area contributed by atoms with Crippen LogP contribution in [0.5, 0.6) is 0 Å². The van der Waals surface area contributed by atoms with Gasteiger partial charge in [-0.25, -0.2) is 4.98 Å². The molecule has 144 valence electrons. The molecule has 1 aromatic carbocycles. The van der Waals surface area contributed by atoms with Gasteiger partial charge in [0.05, 0.1) is 29.6 Å². The van der Waals surface area contributed by atoms with Gasteiger partial charge >= 0.3 is 0 Å². The van der Waals surface area contributed by atoms with Gasteiger partial charge < -0.3 is 14.8 Å². The molecule has 3 heterocycles. The number of fused-ring (bicyclic) bond motifs is 1. The number of amides is 2. The highest BCUT2D eigenvalue weighted by Gasteiger charge is 2.28. The molecule has 2 aromatic heterocycles. The number of carbonyl (C=O) groups excluding carboxylic acids is 2. The predicted octanol–water partition coefficient (Wildman–Crippen LogP) is 2.14. The highest BCUT2D eigenvalue weighted by Crippen LogP contribution is 2.21. The fourth-order valence-corrected chi connectivity index (χ4v) is 3.62. The van der Waals surface area contributed by atoms with Crippen molar-refractivity contribution in [2.24, 2.45) is 13.0 Å². The van der Waals surface area contributed by atoms with E-state index < -0.39 is 0 Å². The monoisotopic (exact) mass is 377 g/mol. The summed E-state index contributed by atoms with van der Waals surface area (Å²) < 4.78 is 1.93. The minimum atomic E-state index is -0.0639. The first kappa shape index (κ1) is 18.2. The van der Waals surface area contributed by atoms with Gasteiger partial charge in [-0.05, 0) is 43.2 Å². The summed E-state index contributed by atoms with van der Waals surface area (Å²) in [5.41, 5.74) is 3.30. The van der Waals surface area contributed by atoms with Crippen molar-refractivity contribution in [1.29, 1.82) is 0 Å². The number of carbonyl (C=O) groups is 2. The molecule has 1 aliphatic rings. The number of aromatic nitrogens is 3. The summed E-state index contributed by atoms with van der Waals surface area (Å²) in [5.74, 6) is -0.0291. The molecule has 0 atom stereocenters. The Morgan fingerprint density at radius 1 is 1.14 bits per heavy atom. The molecule has 7 nitrogen and oxygen atoms in total. The molecule has 28 heavy (non-hydrogen) atoms. The molecule has 0 saturated carbocycles. The lowest BCUT2D eigenvalue weighted by Crippen LogP contribution is -2.43. The van der Waals surface area contributed by atoms with Crippen LogP contribution in [0.2, 0.25) is 0 Å². The molecular formula is C21H23N5O2. The molecule has 0 bridgehead atoms. The van der Waals surface area contributed by atoms with E-state index in [0.717, 1.165) is 16.7 Å². The fourth-order valence-electron chi connectivity index (χ4n) is 3.62. The molecule has 1 saturated heterocycles. The molecular weight excluding hydrogens is 354 g/mol. The van der Waals surface area contributed by atoms with Gasteiger partial charge in [0.25, 0.3) is 5.91 Å². The number of nitrogens with zero attached hydrogens (tertiary/aromatic N) is 4. The fraction of sp³-hybridized carbons (Fsp3) is 0.333. The number of benzene rings is 1. The van der Waals surface area contributed by atoms with Crippen molar-refractivity contribution in [2.75, 3.05) is 13.1 Å². The van der Waals surface area contributed by atoms with Crippen molar-refractivity contribution in [1.82, 2.24) is 24.8 Å². The zero-order chi connectivity index (χ0) is 19.5. The van der Waals surface area contributed by atoms with E-state index in [0.29, 0.717) is 38.0 Å². The van der Waals surface area contributed by atoms with E-state index in [1.165, 1.54) is 0 Å². The minimum absolute atomic E-state index is 0.0000956. The van der Waals surface area contributed by atoms with Gasteiger partial charge in [-0.2, -0.15) is 0 Å². The standard InChI is InChI=1S/C21H23N5O2/c1-25-14-24-18-12-16(5-6-19(18)25)21(28)26-10-7-15(8-11-26)20(27)23-13-17-4-2-3-9-22-17/h2-6,9,12,14-15H,7-8,10-11,13H2,1H3,(H,23,27). The number of piperidine rings is 1. The lowest BCUT2D eigenvalue weighted by molar-refractivity contribution is -0.126. The summed E-state index contributed by atoms with van der Waals surface area (Å²) in [6.45, 7) is 1.60. The summed E-state index contributed by atoms with van der Waals surface area (Å²) in [7, 11) is 1.93. The number of nitrogens with one attached hydrogen (secondary N) is 1. The first-order valence-corrected chi connectivity index (χ1v) is 9.50. The third-order valence-corrected chi connectivity index (χ3v) is 5.30. The summed E-state index contributed by atoms with van der Waals surface area (Å²) in [4.78, 5) is 35.6. The highest BCUT2D eigenvalue weighted by molar-refractivity contribution is 5.97. The summed E-state index contributed by atoms with van der Waals surface area (Å²) in [5, 5.41) is 2.95. The lowest BCUT2D eigenvalue weighted by atomic mass is 9.95. The van der Waals surface area contributed by atoms with Gasteiger partial charge in [0.1, 0.15) is 0 Å². The SMILES string of the molecule is Cn1cnc2cc(C(=O)N3CCC(C(=O)NCc4ccccn4)CC3)ccc21. The largest absolute Gasteiger partial charge is 0.350 e. The summed E-state index contributed by atoms with van der Waals surface area (Å²) in [6, 6.07) is 11.2. The van der Waals surface area contributed by atoms with Crippen molar-refractivity contribution in [3.63, 3.8) is 0 Å². The van der Waals surface area contributed by atoms with Crippen molar-refractivity contribution >= 4 is 22.8 Å². The van der Waals surface area contributed by atoms with Crippen LogP contribution >= 0.6 is 0 Å². The Morgan fingerprint density at radius 2 is 1.96 bits per heavy atom. The number of aryl methyl sites for hydroxylation is 1. The van der Waals surface area contributed by atoms with Crippen LogP contribution < -0.4 is 5.32 Å². The molecule has 0 unspecified atom stereocenters. The number of pyridine rings is 1. The number of hydrogen-bond acceptors (Lipinski definition) is 4. The van der Waals surface area contributed by atoms with Crippen molar-refractivity contribution in [3.8, 4) is 0 Å². The van der Waals surface area contributed by atoms with E-state index >= 15 is 0 Å². The first-order valence-electron chi connectivity index (χ1n) is 9.50. The van der Waals surface area contributed by atoms with Crippen LogP contribution in [0.15, 0.2) is 48.9 Å². The second kappa shape index (κ2) is 7.80. The maximum Gasteiger partial charge on any atom is 0.253 e. The Hall–Kier alpha value is -3.22. The second-order valence-corrected chi connectivity index (χ2v) is 7.16. The van der Waals surface area contributed by atoms with Crippen molar-refractivity contribution in [2.45, 2.75) is 19.4 Å². The Balaban J connectivity index is 1.32. The molecule has 2 amide bonds. The average molecular weight is 377 g/mol. The Bertz CT molecular complexity index is 990. The molecule has 4 rings (SSSR count). The van der Waals surface area contributed by atoms with Gasteiger partial charge in [-0.3, -0.25) is 14.6 Å². The van der Waals surface area contributed by atoms with E-state index in [-0.39, 0.29) is 17.7 Å². The number of likely N-dealkylation sites (tertiary alicyclic amines) is 1. The maximum atomic E-state index is 12.8.